The van der Waals surface area contributed by atoms with E-state index in [1.54, 1.807) is 35.8 Å². The number of alkyl halides is 3. The van der Waals surface area contributed by atoms with E-state index in [4.69, 9.17) is 6.42 Å². The highest BCUT2D eigenvalue weighted by Crippen LogP contribution is 2.22. The Morgan fingerprint density at radius 1 is 1.27 bits per heavy atom. The highest BCUT2D eigenvalue weighted by molar-refractivity contribution is 9.10. The summed E-state index contributed by atoms with van der Waals surface area (Å²) < 4.78 is 37.1. The molecule has 2 aromatic rings. The second-order valence-electron chi connectivity index (χ2n) is 4.95. The normalized spacial score (nSPS) is 10.7. The molecule has 1 heterocycles. The number of aromatic nitrogens is 2. The fourth-order valence-corrected chi connectivity index (χ4v) is 2.13. The summed E-state index contributed by atoms with van der Waals surface area (Å²) in [4.78, 5) is 19.2. The Balaban J connectivity index is 1.99. The minimum absolute atomic E-state index is 0.229. The number of nitrogens with zero attached hydrogens (tertiary/aromatic N) is 2. The number of hydrogen-bond acceptors (Lipinski definition) is 5. The van der Waals surface area contributed by atoms with Crippen LogP contribution in [0.5, 0.6) is 0 Å². The predicted molar refractivity (Wildman–Crippen MR) is 94.7 cm³/mol. The molecule has 1 amide bonds. The number of carbonyl (C=O) groups is 1. The summed E-state index contributed by atoms with van der Waals surface area (Å²) in [5, 5.41) is 7.70. The molecule has 0 aliphatic rings. The molecule has 0 fully saturated rings. The number of hydrogen-bond donors (Lipinski definition) is 3. The summed E-state index contributed by atoms with van der Waals surface area (Å²) >= 11 is 3.30. The number of anilines is 3. The number of amides is 1. The van der Waals surface area contributed by atoms with Crippen LogP contribution in [0.2, 0.25) is 0 Å². The van der Waals surface area contributed by atoms with Gasteiger partial charge in [-0.1, -0.05) is 18.1 Å². The van der Waals surface area contributed by atoms with Crippen LogP contribution < -0.4 is 16.0 Å². The molecule has 10 heteroatoms. The third kappa shape index (κ3) is 5.63. The van der Waals surface area contributed by atoms with Crippen LogP contribution in [-0.4, -0.2) is 28.6 Å². The summed E-state index contributed by atoms with van der Waals surface area (Å²) in [5.41, 5.74) is 1.14. The summed E-state index contributed by atoms with van der Waals surface area (Å²) in [7, 11) is 0. The molecular weight excluding hydrogens is 415 g/mol. The number of nitrogens with one attached hydrogen (secondary N) is 3. The minimum atomic E-state index is -4.90. The first kappa shape index (κ1) is 19.5. The molecule has 1 aromatic heterocycles. The fourth-order valence-electron chi connectivity index (χ4n) is 1.80. The third-order valence-electron chi connectivity index (χ3n) is 3.02. The predicted octanol–water partition coefficient (Wildman–Crippen LogP) is 3.21. The van der Waals surface area contributed by atoms with Crippen molar-refractivity contribution in [3.8, 4) is 12.3 Å². The zero-order valence-electron chi connectivity index (χ0n) is 13.2. The standard InChI is InChI=1S/C16H13BrF3N5O/c1-2-7-21-13-12(17)9-23-15(25-13)24-11-5-3-10(4-6-11)8-22-14(26)16(18,19)20/h1,3-6,9H,7-8H2,(H,22,26)(H2,21,23,24,25). The second-order valence-corrected chi connectivity index (χ2v) is 5.80. The van der Waals surface area contributed by atoms with Crippen LogP contribution in [0.3, 0.4) is 0 Å². The van der Waals surface area contributed by atoms with Gasteiger partial charge in [0.2, 0.25) is 5.95 Å². The van der Waals surface area contributed by atoms with E-state index in [2.05, 4.69) is 42.5 Å². The van der Waals surface area contributed by atoms with Crippen LogP contribution in [0, 0.1) is 12.3 Å². The van der Waals surface area contributed by atoms with Crippen molar-refractivity contribution in [2.24, 2.45) is 0 Å². The van der Waals surface area contributed by atoms with Gasteiger partial charge in [-0.25, -0.2) is 4.98 Å². The van der Waals surface area contributed by atoms with Crippen LogP contribution in [0.1, 0.15) is 5.56 Å². The first-order valence-corrected chi connectivity index (χ1v) is 8.00. The molecule has 0 saturated heterocycles. The Labute approximate surface area is 155 Å². The summed E-state index contributed by atoms with van der Waals surface area (Å²) in [6.45, 7) is 0.0704. The van der Waals surface area contributed by atoms with E-state index in [9.17, 15) is 18.0 Å². The lowest BCUT2D eigenvalue weighted by Crippen LogP contribution is -2.36. The number of carbonyl (C=O) groups excluding carboxylic acids is 1. The lowest BCUT2D eigenvalue weighted by Gasteiger charge is -2.10. The maximum atomic E-state index is 12.1. The number of rotatable bonds is 6. The Hall–Kier alpha value is -2.80. The summed E-state index contributed by atoms with van der Waals surface area (Å²) in [6.07, 6.45) is 1.85. The molecular formula is C16H13BrF3N5O. The zero-order valence-corrected chi connectivity index (χ0v) is 14.8. The Bertz CT molecular complexity index is 818. The van der Waals surface area contributed by atoms with Gasteiger partial charge in [0.25, 0.3) is 0 Å². The van der Waals surface area contributed by atoms with Crippen molar-refractivity contribution in [2.45, 2.75) is 12.7 Å². The van der Waals surface area contributed by atoms with Gasteiger partial charge in [-0.15, -0.1) is 6.42 Å². The quantitative estimate of drug-likeness (QED) is 0.616. The van der Waals surface area contributed by atoms with E-state index in [0.717, 1.165) is 0 Å². The number of benzene rings is 1. The average Bonchev–Trinajstić information content (AvgIpc) is 2.60. The van der Waals surface area contributed by atoms with Crippen molar-refractivity contribution in [3.05, 3.63) is 40.5 Å². The van der Waals surface area contributed by atoms with E-state index < -0.39 is 12.1 Å². The molecule has 3 N–H and O–H groups in total. The largest absolute Gasteiger partial charge is 0.471 e. The van der Waals surface area contributed by atoms with Crippen LogP contribution in [-0.2, 0) is 11.3 Å². The topological polar surface area (TPSA) is 78.9 Å². The van der Waals surface area contributed by atoms with E-state index >= 15 is 0 Å². The molecule has 2 rings (SSSR count). The average molecular weight is 428 g/mol. The zero-order chi connectivity index (χ0) is 19.2. The monoisotopic (exact) mass is 427 g/mol. The van der Waals surface area contributed by atoms with Gasteiger partial charge in [-0.2, -0.15) is 18.2 Å². The molecule has 0 unspecified atom stereocenters. The van der Waals surface area contributed by atoms with Gasteiger partial charge in [-0.3, -0.25) is 4.79 Å². The Morgan fingerprint density at radius 2 is 1.96 bits per heavy atom. The van der Waals surface area contributed by atoms with Crippen LogP contribution >= 0.6 is 15.9 Å². The van der Waals surface area contributed by atoms with E-state index in [-0.39, 0.29) is 6.54 Å². The maximum absolute atomic E-state index is 12.1. The molecule has 0 radical (unpaired) electrons. The molecule has 136 valence electrons. The first-order chi connectivity index (χ1) is 12.3. The van der Waals surface area contributed by atoms with E-state index in [1.165, 1.54) is 0 Å². The number of halogens is 4. The molecule has 0 spiro atoms. The minimum Gasteiger partial charge on any atom is -0.358 e. The SMILES string of the molecule is C#CCNc1nc(Nc2ccc(CNC(=O)C(F)(F)F)cc2)ncc1Br. The van der Waals surface area contributed by atoms with Gasteiger partial charge in [0.1, 0.15) is 5.82 Å². The number of terminal acetylenes is 1. The van der Waals surface area contributed by atoms with Crippen LogP contribution in [0.25, 0.3) is 0 Å². The fraction of sp³-hybridized carbons (Fsp3) is 0.188. The molecule has 26 heavy (non-hydrogen) atoms. The molecule has 0 saturated carbocycles. The van der Waals surface area contributed by atoms with Gasteiger partial charge in [0.05, 0.1) is 11.0 Å². The van der Waals surface area contributed by atoms with Crippen LogP contribution in [0.4, 0.5) is 30.6 Å². The van der Waals surface area contributed by atoms with Gasteiger partial charge in [0.15, 0.2) is 0 Å². The van der Waals surface area contributed by atoms with Crippen molar-refractivity contribution in [1.29, 1.82) is 0 Å². The van der Waals surface area contributed by atoms with E-state index in [0.29, 0.717) is 34.0 Å². The van der Waals surface area contributed by atoms with Crippen molar-refractivity contribution in [2.75, 3.05) is 17.2 Å². The second kappa shape index (κ2) is 8.53. The highest BCUT2D eigenvalue weighted by Gasteiger charge is 2.38. The lowest BCUT2D eigenvalue weighted by atomic mass is 10.2. The Kier molecular flexibility index (Phi) is 6.41. The highest BCUT2D eigenvalue weighted by atomic mass is 79.9. The van der Waals surface area contributed by atoms with Crippen molar-refractivity contribution >= 4 is 39.3 Å². The molecule has 0 bridgehead atoms. The molecule has 1 aromatic carbocycles. The molecule has 0 aliphatic heterocycles. The van der Waals surface area contributed by atoms with Crippen molar-refractivity contribution < 1.29 is 18.0 Å². The first-order valence-electron chi connectivity index (χ1n) is 7.20. The Morgan fingerprint density at radius 3 is 2.58 bits per heavy atom. The van der Waals surface area contributed by atoms with Crippen molar-refractivity contribution in [3.63, 3.8) is 0 Å². The molecule has 6 nitrogen and oxygen atoms in total. The smallest absolute Gasteiger partial charge is 0.358 e. The van der Waals surface area contributed by atoms with E-state index in [1.807, 2.05) is 0 Å². The molecule has 0 atom stereocenters. The maximum Gasteiger partial charge on any atom is 0.471 e. The molecule has 0 aliphatic carbocycles. The van der Waals surface area contributed by atoms with Gasteiger partial charge >= 0.3 is 12.1 Å². The third-order valence-corrected chi connectivity index (χ3v) is 3.60. The van der Waals surface area contributed by atoms with Gasteiger partial charge < -0.3 is 16.0 Å². The summed E-state index contributed by atoms with van der Waals surface area (Å²) in [5.74, 6) is 1.29. The van der Waals surface area contributed by atoms with Crippen LogP contribution in [0.15, 0.2) is 34.9 Å². The lowest BCUT2D eigenvalue weighted by molar-refractivity contribution is -0.173. The summed E-state index contributed by atoms with van der Waals surface area (Å²) in [6, 6.07) is 6.43. The van der Waals surface area contributed by atoms with Gasteiger partial charge in [-0.05, 0) is 33.6 Å². The van der Waals surface area contributed by atoms with Crippen molar-refractivity contribution in [1.82, 2.24) is 15.3 Å². The van der Waals surface area contributed by atoms with Gasteiger partial charge in [0, 0.05) is 18.4 Å².